The van der Waals surface area contributed by atoms with Gasteiger partial charge in [-0.15, -0.1) is 0 Å². The number of esters is 1. The SMILES string of the molecule is C=C1COC(=O)c2cnccc21. The lowest BCUT2D eigenvalue weighted by Gasteiger charge is -2.16. The molecule has 0 unspecified atom stereocenters. The van der Waals surface area contributed by atoms with Crippen LogP contribution in [0.2, 0.25) is 0 Å². The highest BCUT2D eigenvalue weighted by molar-refractivity contribution is 5.97. The molecular weight excluding hydrogens is 154 g/mol. The van der Waals surface area contributed by atoms with Crippen molar-refractivity contribution < 1.29 is 9.53 Å². The van der Waals surface area contributed by atoms with Crippen LogP contribution >= 0.6 is 0 Å². The molecule has 2 heterocycles. The van der Waals surface area contributed by atoms with E-state index >= 15 is 0 Å². The fraction of sp³-hybridized carbons (Fsp3) is 0.111. The summed E-state index contributed by atoms with van der Waals surface area (Å²) < 4.78 is 4.84. The van der Waals surface area contributed by atoms with Crippen molar-refractivity contribution in [3.05, 3.63) is 36.2 Å². The van der Waals surface area contributed by atoms with Crippen molar-refractivity contribution in [1.82, 2.24) is 4.98 Å². The van der Waals surface area contributed by atoms with Gasteiger partial charge in [0.15, 0.2) is 0 Å². The summed E-state index contributed by atoms with van der Waals surface area (Å²) in [5, 5.41) is 0. The Bertz CT molecular complexity index is 322. The summed E-state index contributed by atoms with van der Waals surface area (Å²) in [4.78, 5) is 15.0. The summed E-state index contributed by atoms with van der Waals surface area (Å²) in [7, 11) is 0. The van der Waals surface area contributed by atoms with E-state index in [0.717, 1.165) is 11.1 Å². The lowest BCUT2D eigenvalue weighted by Crippen LogP contribution is -2.16. The molecule has 0 aromatic carbocycles. The van der Waals surface area contributed by atoms with Gasteiger partial charge in [0.25, 0.3) is 0 Å². The van der Waals surface area contributed by atoms with Crippen molar-refractivity contribution in [3.63, 3.8) is 0 Å². The number of carbonyl (C=O) groups excluding carboxylic acids is 1. The maximum absolute atomic E-state index is 11.1. The Labute approximate surface area is 69.7 Å². The largest absolute Gasteiger partial charge is 0.457 e. The fourth-order valence-corrected chi connectivity index (χ4v) is 1.17. The fourth-order valence-electron chi connectivity index (χ4n) is 1.17. The number of aromatic nitrogens is 1. The first-order chi connectivity index (χ1) is 5.79. The second-order valence-corrected chi connectivity index (χ2v) is 2.60. The van der Waals surface area contributed by atoms with Crippen LogP contribution in [-0.2, 0) is 4.74 Å². The Morgan fingerprint density at radius 1 is 1.50 bits per heavy atom. The molecule has 0 saturated carbocycles. The Kier molecular flexibility index (Phi) is 1.43. The summed E-state index contributed by atoms with van der Waals surface area (Å²) >= 11 is 0. The molecule has 0 atom stereocenters. The third-order valence-electron chi connectivity index (χ3n) is 1.80. The zero-order valence-electron chi connectivity index (χ0n) is 6.41. The first-order valence-electron chi connectivity index (χ1n) is 3.58. The molecule has 0 saturated heterocycles. The number of carbonyl (C=O) groups is 1. The van der Waals surface area contributed by atoms with Crippen LogP contribution in [0.5, 0.6) is 0 Å². The minimum atomic E-state index is -0.314. The summed E-state index contributed by atoms with van der Waals surface area (Å²) in [6.45, 7) is 4.07. The molecule has 0 fully saturated rings. The van der Waals surface area contributed by atoms with Gasteiger partial charge in [-0.05, 0) is 17.2 Å². The topological polar surface area (TPSA) is 39.2 Å². The number of hydrogen-bond acceptors (Lipinski definition) is 3. The van der Waals surface area contributed by atoms with Crippen molar-refractivity contribution >= 4 is 11.5 Å². The highest BCUT2D eigenvalue weighted by Crippen LogP contribution is 2.22. The third kappa shape index (κ3) is 0.906. The number of nitrogens with zero attached hydrogens (tertiary/aromatic N) is 1. The zero-order chi connectivity index (χ0) is 8.55. The van der Waals surface area contributed by atoms with E-state index in [9.17, 15) is 4.79 Å². The number of fused-ring (bicyclic) bond motifs is 1. The molecule has 0 bridgehead atoms. The van der Waals surface area contributed by atoms with Crippen LogP contribution in [0.1, 0.15) is 15.9 Å². The minimum Gasteiger partial charge on any atom is -0.457 e. The molecule has 12 heavy (non-hydrogen) atoms. The van der Waals surface area contributed by atoms with Crippen molar-refractivity contribution in [1.29, 1.82) is 0 Å². The van der Waals surface area contributed by atoms with Crippen LogP contribution in [0, 0.1) is 0 Å². The van der Waals surface area contributed by atoms with Gasteiger partial charge in [0.1, 0.15) is 6.61 Å². The number of rotatable bonds is 0. The van der Waals surface area contributed by atoms with Crippen molar-refractivity contribution in [2.45, 2.75) is 0 Å². The van der Waals surface area contributed by atoms with Crippen LogP contribution in [-0.4, -0.2) is 17.6 Å². The summed E-state index contributed by atoms with van der Waals surface area (Å²) in [6.07, 6.45) is 3.14. The Hall–Kier alpha value is -1.64. The van der Waals surface area contributed by atoms with Gasteiger partial charge in [0, 0.05) is 12.4 Å². The Morgan fingerprint density at radius 3 is 3.08 bits per heavy atom. The molecule has 0 N–H and O–H groups in total. The predicted octanol–water partition coefficient (Wildman–Crippen LogP) is 1.27. The molecule has 60 valence electrons. The van der Waals surface area contributed by atoms with Crippen molar-refractivity contribution in [2.24, 2.45) is 0 Å². The predicted molar refractivity (Wildman–Crippen MR) is 43.6 cm³/mol. The lowest BCUT2D eigenvalue weighted by atomic mass is 10.0. The molecule has 3 heteroatoms. The summed E-state index contributed by atoms with van der Waals surface area (Å²) in [6, 6.07) is 1.78. The van der Waals surface area contributed by atoms with Crippen LogP contribution in [0.4, 0.5) is 0 Å². The maximum Gasteiger partial charge on any atom is 0.340 e. The molecule has 1 aromatic rings. The second kappa shape index (κ2) is 2.44. The van der Waals surface area contributed by atoms with E-state index in [1.165, 1.54) is 6.20 Å². The van der Waals surface area contributed by atoms with Gasteiger partial charge in [-0.25, -0.2) is 4.79 Å². The number of hydrogen-bond donors (Lipinski definition) is 0. The van der Waals surface area contributed by atoms with Crippen LogP contribution in [0.3, 0.4) is 0 Å². The standard InChI is InChI=1S/C9H7NO2/c1-6-5-12-9(11)8-4-10-3-2-7(6)8/h2-4H,1,5H2. The van der Waals surface area contributed by atoms with E-state index in [1.807, 2.05) is 0 Å². The molecule has 0 spiro atoms. The number of pyridine rings is 1. The zero-order valence-corrected chi connectivity index (χ0v) is 6.41. The van der Waals surface area contributed by atoms with E-state index in [0.29, 0.717) is 5.56 Å². The van der Waals surface area contributed by atoms with Gasteiger partial charge in [0.05, 0.1) is 5.56 Å². The first kappa shape index (κ1) is 7.03. The van der Waals surface area contributed by atoms with Gasteiger partial charge < -0.3 is 4.74 Å². The molecule has 0 amide bonds. The van der Waals surface area contributed by atoms with E-state index < -0.39 is 0 Å². The highest BCUT2D eigenvalue weighted by Gasteiger charge is 2.20. The van der Waals surface area contributed by atoms with Crippen molar-refractivity contribution in [2.75, 3.05) is 6.61 Å². The molecule has 1 aromatic heterocycles. The van der Waals surface area contributed by atoms with Gasteiger partial charge in [-0.3, -0.25) is 4.98 Å². The molecule has 3 nitrogen and oxygen atoms in total. The molecule has 1 aliphatic heterocycles. The van der Waals surface area contributed by atoms with Gasteiger partial charge >= 0.3 is 5.97 Å². The lowest BCUT2D eigenvalue weighted by molar-refractivity contribution is 0.0543. The van der Waals surface area contributed by atoms with Gasteiger partial charge in [-0.2, -0.15) is 0 Å². The molecule has 0 radical (unpaired) electrons. The van der Waals surface area contributed by atoms with Gasteiger partial charge in [0.2, 0.25) is 0 Å². The maximum atomic E-state index is 11.1. The average Bonchev–Trinajstić information content (AvgIpc) is 2.12. The number of cyclic esters (lactones) is 1. The average molecular weight is 161 g/mol. The minimum absolute atomic E-state index is 0.288. The van der Waals surface area contributed by atoms with Crippen LogP contribution in [0.25, 0.3) is 5.57 Å². The quantitative estimate of drug-likeness (QED) is 0.538. The molecule has 0 aliphatic carbocycles. The normalized spacial score (nSPS) is 15.3. The Morgan fingerprint density at radius 2 is 2.33 bits per heavy atom. The van der Waals surface area contributed by atoms with E-state index in [4.69, 9.17) is 4.74 Å². The highest BCUT2D eigenvalue weighted by atomic mass is 16.5. The number of ether oxygens (including phenoxy) is 1. The monoisotopic (exact) mass is 161 g/mol. The molecule has 2 rings (SSSR count). The van der Waals surface area contributed by atoms with Crippen molar-refractivity contribution in [3.8, 4) is 0 Å². The summed E-state index contributed by atoms with van der Waals surface area (Å²) in [5.74, 6) is -0.314. The second-order valence-electron chi connectivity index (χ2n) is 2.60. The Balaban J connectivity index is 2.62. The van der Waals surface area contributed by atoms with Crippen LogP contribution < -0.4 is 0 Å². The molecule has 1 aliphatic rings. The third-order valence-corrected chi connectivity index (χ3v) is 1.80. The van der Waals surface area contributed by atoms with E-state index in [1.54, 1.807) is 12.3 Å². The smallest absolute Gasteiger partial charge is 0.340 e. The van der Waals surface area contributed by atoms with Crippen LogP contribution in [0.15, 0.2) is 25.0 Å². The molecular formula is C9H7NO2. The summed E-state index contributed by atoms with van der Waals surface area (Å²) in [5.41, 5.74) is 2.18. The van der Waals surface area contributed by atoms with E-state index in [-0.39, 0.29) is 12.6 Å². The van der Waals surface area contributed by atoms with E-state index in [2.05, 4.69) is 11.6 Å². The van der Waals surface area contributed by atoms with Gasteiger partial charge in [-0.1, -0.05) is 6.58 Å². The first-order valence-corrected chi connectivity index (χ1v) is 3.58.